The van der Waals surface area contributed by atoms with Crippen LogP contribution in [0.4, 0.5) is 0 Å². The van der Waals surface area contributed by atoms with E-state index in [1.807, 2.05) is 12.1 Å². The summed E-state index contributed by atoms with van der Waals surface area (Å²) in [6.07, 6.45) is 2.24. The first-order chi connectivity index (χ1) is 5.74. The van der Waals surface area contributed by atoms with Gasteiger partial charge in [0.2, 0.25) is 0 Å². The number of halogens is 3. The minimum atomic E-state index is 0.782. The van der Waals surface area contributed by atoms with E-state index in [0.29, 0.717) is 0 Å². The van der Waals surface area contributed by atoms with Crippen LogP contribution >= 0.6 is 43.5 Å². The van der Waals surface area contributed by atoms with Crippen LogP contribution in [-0.4, -0.2) is 5.33 Å². The highest BCUT2D eigenvalue weighted by Crippen LogP contribution is 2.22. The van der Waals surface area contributed by atoms with Crippen molar-refractivity contribution < 1.29 is 0 Å². The molecule has 0 bridgehead atoms. The van der Waals surface area contributed by atoms with Crippen molar-refractivity contribution in [3.63, 3.8) is 0 Å². The predicted molar refractivity (Wildman–Crippen MR) is 61.3 cm³/mol. The van der Waals surface area contributed by atoms with Crippen LogP contribution in [0.3, 0.4) is 0 Å². The van der Waals surface area contributed by atoms with Crippen LogP contribution in [0.15, 0.2) is 22.7 Å². The lowest BCUT2D eigenvalue weighted by molar-refractivity contribution is 0.934. The second-order valence-electron chi connectivity index (χ2n) is 2.53. The molecule has 0 N–H and O–H groups in total. The smallest absolute Gasteiger partial charge is 0.0417 e. The Labute approximate surface area is 94.6 Å². The first-order valence-corrected chi connectivity index (χ1v) is 6.03. The van der Waals surface area contributed by atoms with Crippen molar-refractivity contribution in [1.29, 1.82) is 0 Å². The van der Waals surface area contributed by atoms with Crippen molar-refractivity contribution in [1.82, 2.24) is 0 Å². The fraction of sp³-hybridized carbons (Fsp3) is 0.333. The largest absolute Gasteiger partial charge is 0.0928 e. The highest BCUT2D eigenvalue weighted by Gasteiger charge is 1.99. The monoisotopic (exact) mass is 310 g/mol. The molecule has 12 heavy (non-hydrogen) atoms. The van der Waals surface area contributed by atoms with Crippen LogP contribution in [-0.2, 0) is 6.42 Å². The van der Waals surface area contributed by atoms with Crippen LogP contribution in [0.2, 0.25) is 5.02 Å². The molecule has 0 nitrogen and oxygen atoms in total. The molecule has 0 amide bonds. The molecular formula is C9H9Br2Cl. The molecule has 1 aromatic rings. The Hall–Kier alpha value is 0.470. The van der Waals surface area contributed by atoms with Gasteiger partial charge in [-0.3, -0.25) is 0 Å². The molecule has 0 aliphatic rings. The Morgan fingerprint density at radius 1 is 1.33 bits per heavy atom. The Morgan fingerprint density at radius 3 is 2.67 bits per heavy atom. The standard InChI is InChI=1S/C9H9Br2Cl/c10-5-1-2-7-3-4-8(12)6-9(7)11/h3-4,6H,1-2,5H2. The van der Waals surface area contributed by atoms with Gasteiger partial charge in [0.15, 0.2) is 0 Å². The molecule has 1 aromatic carbocycles. The highest BCUT2D eigenvalue weighted by atomic mass is 79.9. The summed E-state index contributed by atoms with van der Waals surface area (Å²) < 4.78 is 1.11. The van der Waals surface area contributed by atoms with Gasteiger partial charge in [0.05, 0.1) is 0 Å². The summed E-state index contributed by atoms with van der Waals surface area (Å²) in [7, 11) is 0. The number of hydrogen-bond acceptors (Lipinski definition) is 0. The first-order valence-electron chi connectivity index (χ1n) is 3.74. The number of benzene rings is 1. The number of alkyl halides is 1. The molecule has 0 unspecified atom stereocenters. The summed E-state index contributed by atoms with van der Waals surface area (Å²) in [5.74, 6) is 0. The molecule has 0 aliphatic heterocycles. The van der Waals surface area contributed by atoms with Crippen molar-refractivity contribution in [2.75, 3.05) is 5.33 Å². The summed E-state index contributed by atoms with van der Waals surface area (Å²) in [6.45, 7) is 0. The van der Waals surface area contributed by atoms with E-state index in [0.717, 1.165) is 27.7 Å². The van der Waals surface area contributed by atoms with E-state index >= 15 is 0 Å². The molecule has 66 valence electrons. The van der Waals surface area contributed by atoms with E-state index in [1.54, 1.807) is 0 Å². The molecule has 0 aromatic heterocycles. The third-order valence-corrected chi connectivity index (χ3v) is 3.13. The molecule has 1 rings (SSSR count). The molecule has 0 atom stereocenters. The molecule has 3 heteroatoms. The summed E-state index contributed by atoms with van der Waals surface area (Å²) in [6, 6.07) is 5.93. The molecule has 0 spiro atoms. The van der Waals surface area contributed by atoms with Crippen molar-refractivity contribution in [2.45, 2.75) is 12.8 Å². The van der Waals surface area contributed by atoms with Crippen molar-refractivity contribution >= 4 is 43.5 Å². The molecule has 0 radical (unpaired) electrons. The Kier molecular flexibility index (Phi) is 4.62. The van der Waals surface area contributed by atoms with E-state index in [1.165, 1.54) is 5.56 Å². The lowest BCUT2D eigenvalue weighted by atomic mass is 10.1. The van der Waals surface area contributed by atoms with Gasteiger partial charge in [0.25, 0.3) is 0 Å². The summed E-state index contributed by atoms with van der Waals surface area (Å²) >= 11 is 12.7. The van der Waals surface area contributed by atoms with Gasteiger partial charge in [-0.15, -0.1) is 0 Å². The second-order valence-corrected chi connectivity index (χ2v) is 4.61. The Bertz CT molecular complexity index is 261. The zero-order chi connectivity index (χ0) is 8.97. The predicted octanol–water partition coefficient (Wildman–Crippen LogP) is 4.43. The van der Waals surface area contributed by atoms with Crippen molar-refractivity contribution in [2.24, 2.45) is 0 Å². The van der Waals surface area contributed by atoms with Gasteiger partial charge < -0.3 is 0 Å². The summed E-state index contributed by atoms with van der Waals surface area (Å²) in [5, 5.41) is 1.83. The van der Waals surface area contributed by atoms with Crippen LogP contribution < -0.4 is 0 Å². The Balaban J connectivity index is 2.72. The highest BCUT2D eigenvalue weighted by molar-refractivity contribution is 9.10. The SMILES string of the molecule is Clc1ccc(CCCBr)c(Br)c1. The van der Waals surface area contributed by atoms with Gasteiger partial charge in [-0.25, -0.2) is 0 Å². The van der Waals surface area contributed by atoms with Crippen LogP contribution in [0.1, 0.15) is 12.0 Å². The van der Waals surface area contributed by atoms with E-state index < -0.39 is 0 Å². The maximum Gasteiger partial charge on any atom is 0.0417 e. The zero-order valence-electron chi connectivity index (χ0n) is 6.49. The number of hydrogen-bond donors (Lipinski definition) is 0. The van der Waals surface area contributed by atoms with Gasteiger partial charge in [-0.05, 0) is 30.5 Å². The molecule has 0 saturated heterocycles. The molecular weight excluding hydrogens is 303 g/mol. The van der Waals surface area contributed by atoms with E-state index in [9.17, 15) is 0 Å². The number of rotatable bonds is 3. The molecule has 0 saturated carbocycles. The summed E-state index contributed by atoms with van der Waals surface area (Å²) in [5.41, 5.74) is 1.32. The molecule has 0 aliphatic carbocycles. The van der Waals surface area contributed by atoms with Gasteiger partial charge in [-0.1, -0.05) is 49.5 Å². The van der Waals surface area contributed by atoms with Crippen molar-refractivity contribution in [3.05, 3.63) is 33.3 Å². The summed E-state index contributed by atoms with van der Waals surface area (Å²) in [4.78, 5) is 0. The van der Waals surface area contributed by atoms with E-state index in [4.69, 9.17) is 11.6 Å². The maximum atomic E-state index is 5.81. The van der Waals surface area contributed by atoms with Gasteiger partial charge in [0, 0.05) is 14.8 Å². The topological polar surface area (TPSA) is 0 Å². The minimum absolute atomic E-state index is 0.782. The lowest BCUT2D eigenvalue weighted by Crippen LogP contribution is -1.87. The third kappa shape index (κ3) is 3.08. The average molecular weight is 312 g/mol. The minimum Gasteiger partial charge on any atom is -0.0928 e. The molecule has 0 fully saturated rings. The normalized spacial score (nSPS) is 10.2. The van der Waals surface area contributed by atoms with Crippen LogP contribution in [0, 0.1) is 0 Å². The van der Waals surface area contributed by atoms with E-state index in [-0.39, 0.29) is 0 Å². The van der Waals surface area contributed by atoms with Gasteiger partial charge in [0.1, 0.15) is 0 Å². The van der Waals surface area contributed by atoms with E-state index in [2.05, 4.69) is 37.9 Å². The van der Waals surface area contributed by atoms with Crippen LogP contribution in [0.25, 0.3) is 0 Å². The first kappa shape index (κ1) is 10.6. The lowest BCUT2D eigenvalue weighted by Gasteiger charge is -2.02. The van der Waals surface area contributed by atoms with Crippen LogP contribution in [0.5, 0.6) is 0 Å². The maximum absolute atomic E-state index is 5.81. The fourth-order valence-corrected chi connectivity index (χ4v) is 2.14. The average Bonchev–Trinajstić information content (AvgIpc) is 2.03. The number of aryl methyl sites for hydroxylation is 1. The quantitative estimate of drug-likeness (QED) is 0.724. The van der Waals surface area contributed by atoms with Crippen molar-refractivity contribution in [3.8, 4) is 0 Å². The third-order valence-electron chi connectivity index (χ3n) is 1.59. The fourth-order valence-electron chi connectivity index (χ4n) is 0.982. The van der Waals surface area contributed by atoms with Gasteiger partial charge in [-0.2, -0.15) is 0 Å². The Morgan fingerprint density at radius 2 is 2.08 bits per heavy atom. The zero-order valence-corrected chi connectivity index (χ0v) is 10.4. The second kappa shape index (κ2) is 5.25. The molecule has 0 heterocycles. The van der Waals surface area contributed by atoms with Gasteiger partial charge >= 0.3 is 0 Å².